The van der Waals surface area contributed by atoms with E-state index in [1.807, 2.05) is 18.2 Å². The van der Waals surface area contributed by atoms with Gasteiger partial charge in [0.2, 0.25) is 0 Å². The molecule has 2 aromatic heterocycles. The number of hydrogen-bond donors (Lipinski definition) is 0. The highest BCUT2D eigenvalue weighted by Gasteiger charge is 1.96. The zero-order chi connectivity index (χ0) is 9.80. The van der Waals surface area contributed by atoms with Crippen molar-refractivity contribution >= 4 is 15.9 Å². The Morgan fingerprint density at radius 2 is 1.93 bits per heavy atom. The van der Waals surface area contributed by atoms with E-state index < -0.39 is 0 Å². The molecule has 0 amide bonds. The van der Waals surface area contributed by atoms with Crippen LogP contribution in [0.2, 0.25) is 0 Å². The normalized spacial score (nSPS) is 9.21. The molecular formula is C11H6BrNO. The van der Waals surface area contributed by atoms with Gasteiger partial charge in [-0.1, -0.05) is 11.8 Å². The van der Waals surface area contributed by atoms with Gasteiger partial charge in [0.05, 0.1) is 11.8 Å². The summed E-state index contributed by atoms with van der Waals surface area (Å²) in [5, 5.41) is 0. The van der Waals surface area contributed by atoms with Gasteiger partial charge >= 0.3 is 0 Å². The number of nitrogens with zero attached hydrogens (tertiary/aromatic N) is 1. The van der Waals surface area contributed by atoms with Crippen molar-refractivity contribution in [2.24, 2.45) is 0 Å². The fourth-order valence-corrected chi connectivity index (χ4v) is 1.30. The molecule has 0 fully saturated rings. The molecule has 0 aliphatic carbocycles. The Morgan fingerprint density at radius 3 is 2.57 bits per heavy atom. The lowest BCUT2D eigenvalue weighted by Crippen LogP contribution is -1.74. The summed E-state index contributed by atoms with van der Waals surface area (Å²) in [6.07, 6.45) is 5.03. The van der Waals surface area contributed by atoms with Crippen LogP contribution in [-0.4, -0.2) is 4.98 Å². The van der Waals surface area contributed by atoms with Crippen LogP contribution in [-0.2, 0) is 0 Å². The van der Waals surface area contributed by atoms with Crippen molar-refractivity contribution in [1.82, 2.24) is 4.98 Å². The second kappa shape index (κ2) is 4.12. The van der Waals surface area contributed by atoms with Crippen LogP contribution in [0, 0.1) is 11.8 Å². The molecule has 0 saturated carbocycles. The van der Waals surface area contributed by atoms with Gasteiger partial charge in [-0.3, -0.25) is 4.98 Å². The van der Waals surface area contributed by atoms with Crippen molar-refractivity contribution in [3.05, 3.63) is 52.7 Å². The maximum Gasteiger partial charge on any atom is 0.184 e. The summed E-state index contributed by atoms with van der Waals surface area (Å²) >= 11 is 3.26. The molecule has 0 bridgehead atoms. The molecule has 0 saturated heterocycles. The van der Waals surface area contributed by atoms with Gasteiger partial charge in [-0.05, 0) is 34.1 Å². The molecular weight excluding hydrogens is 242 g/mol. The molecule has 2 nitrogen and oxygen atoms in total. The fraction of sp³-hybridized carbons (Fsp3) is 0. The molecule has 0 spiro atoms. The molecule has 0 atom stereocenters. The largest absolute Gasteiger partial charge is 0.456 e. The highest BCUT2D eigenvalue weighted by molar-refractivity contribution is 9.10. The first-order chi connectivity index (χ1) is 6.86. The van der Waals surface area contributed by atoms with E-state index in [4.69, 9.17) is 4.42 Å². The van der Waals surface area contributed by atoms with E-state index in [1.165, 1.54) is 0 Å². The topological polar surface area (TPSA) is 26.0 Å². The molecule has 0 aliphatic heterocycles. The van der Waals surface area contributed by atoms with Crippen LogP contribution >= 0.6 is 15.9 Å². The summed E-state index contributed by atoms with van der Waals surface area (Å²) in [4.78, 5) is 3.91. The maximum atomic E-state index is 5.05. The number of aromatic nitrogens is 1. The average molecular weight is 248 g/mol. The Kier molecular flexibility index (Phi) is 2.66. The van der Waals surface area contributed by atoms with Gasteiger partial charge in [-0.25, -0.2) is 0 Å². The molecule has 0 aromatic carbocycles. The second-order valence-corrected chi connectivity index (χ2v) is 3.31. The molecule has 3 heteroatoms. The Morgan fingerprint density at radius 1 is 1.14 bits per heavy atom. The van der Waals surface area contributed by atoms with Gasteiger partial charge < -0.3 is 4.42 Å². The van der Waals surface area contributed by atoms with Crippen molar-refractivity contribution in [3.8, 4) is 11.8 Å². The minimum atomic E-state index is 0.666. The van der Waals surface area contributed by atoms with Crippen LogP contribution in [0.15, 0.2) is 45.9 Å². The van der Waals surface area contributed by atoms with E-state index in [2.05, 4.69) is 32.8 Å². The van der Waals surface area contributed by atoms with E-state index in [1.54, 1.807) is 18.7 Å². The van der Waals surface area contributed by atoms with Crippen LogP contribution in [0.1, 0.15) is 11.1 Å². The fourth-order valence-electron chi connectivity index (χ4n) is 0.956. The Bertz CT molecular complexity index is 479. The van der Waals surface area contributed by atoms with Crippen LogP contribution in [0.3, 0.4) is 0 Å². The molecule has 0 unspecified atom stereocenters. The summed E-state index contributed by atoms with van der Waals surface area (Å²) in [6, 6.07) is 5.54. The maximum absolute atomic E-state index is 5.05. The van der Waals surface area contributed by atoms with Gasteiger partial charge in [-0.2, -0.15) is 0 Å². The standard InChI is InChI=1S/C11H6BrNO/c12-11-10(5-8-14-11)2-1-9-3-6-13-7-4-9/h3-8H. The van der Waals surface area contributed by atoms with Crippen LogP contribution in [0.4, 0.5) is 0 Å². The van der Waals surface area contributed by atoms with Gasteiger partial charge in [0.15, 0.2) is 4.67 Å². The second-order valence-electron chi connectivity index (χ2n) is 2.59. The van der Waals surface area contributed by atoms with Gasteiger partial charge in [0, 0.05) is 18.0 Å². The molecule has 0 aliphatic rings. The van der Waals surface area contributed by atoms with Gasteiger partial charge in [0.1, 0.15) is 0 Å². The third kappa shape index (κ3) is 2.04. The SMILES string of the molecule is Brc1occc1C#Cc1ccncc1. The van der Waals surface area contributed by atoms with Crippen LogP contribution < -0.4 is 0 Å². The van der Waals surface area contributed by atoms with E-state index in [9.17, 15) is 0 Å². The minimum Gasteiger partial charge on any atom is -0.456 e. The molecule has 0 radical (unpaired) electrons. The number of furan rings is 1. The van der Waals surface area contributed by atoms with E-state index in [-0.39, 0.29) is 0 Å². The smallest absolute Gasteiger partial charge is 0.184 e. The zero-order valence-corrected chi connectivity index (χ0v) is 8.78. The minimum absolute atomic E-state index is 0.666. The number of halogens is 1. The first kappa shape index (κ1) is 9.04. The quantitative estimate of drug-likeness (QED) is 0.670. The molecule has 68 valence electrons. The lowest BCUT2D eigenvalue weighted by molar-refractivity contribution is 0.540. The summed E-state index contributed by atoms with van der Waals surface area (Å²) in [5.41, 5.74) is 1.79. The molecule has 14 heavy (non-hydrogen) atoms. The highest BCUT2D eigenvalue weighted by atomic mass is 79.9. The number of rotatable bonds is 0. The molecule has 2 rings (SSSR count). The average Bonchev–Trinajstić information content (AvgIpc) is 2.63. The number of pyridine rings is 1. The predicted octanol–water partition coefficient (Wildman–Crippen LogP) is 2.84. The Hall–Kier alpha value is -1.53. The molecule has 2 aromatic rings. The molecule has 0 N–H and O–H groups in total. The van der Waals surface area contributed by atoms with Crippen molar-refractivity contribution in [1.29, 1.82) is 0 Å². The van der Waals surface area contributed by atoms with Crippen LogP contribution in [0.25, 0.3) is 0 Å². The van der Waals surface area contributed by atoms with Gasteiger partial charge in [0.25, 0.3) is 0 Å². The van der Waals surface area contributed by atoms with Crippen molar-refractivity contribution in [3.63, 3.8) is 0 Å². The summed E-state index contributed by atoms with van der Waals surface area (Å²) in [6.45, 7) is 0. The van der Waals surface area contributed by atoms with Crippen molar-refractivity contribution in [2.45, 2.75) is 0 Å². The predicted molar refractivity (Wildman–Crippen MR) is 56.6 cm³/mol. The summed E-state index contributed by atoms with van der Waals surface area (Å²) < 4.78 is 5.72. The monoisotopic (exact) mass is 247 g/mol. The summed E-state index contributed by atoms with van der Waals surface area (Å²) in [5.74, 6) is 6.00. The lowest BCUT2D eigenvalue weighted by atomic mass is 10.2. The third-order valence-corrected chi connectivity index (χ3v) is 2.25. The Labute approximate surface area is 90.1 Å². The third-order valence-electron chi connectivity index (χ3n) is 1.64. The van der Waals surface area contributed by atoms with E-state index in [0.29, 0.717) is 4.67 Å². The van der Waals surface area contributed by atoms with E-state index >= 15 is 0 Å². The van der Waals surface area contributed by atoms with Crippen molar-refractivity contribution in [2.75, 3.05) is 0 Å². The number of hydrogen-bond acceptors (Lipinski definition) is 2. The van der Waals surface area contributed by atoms with E-state index in [0.717, 1.165) is 11.1 Å². The highest BCUT2D eigenvalue weighted by Crippen LogP contribution is 2.15. The summed E-state index contributed by atoms with van der Waals surface area (Å²) in [7, 11) is 0. The first-order valence-electron chi connectivity index (χ1n) is 4.01. The van der Waals surface area contributed by atoms with Crippen molar-refractivity contribution < 1.29 is 4.42 Å². The van der Waals surface area contributed by atoms with Crippen LogP contribution in [0.5, 0.6) is 0 Å². The van der Waals surface area contributed by atoms with Gasteiger partial charge in [-0.15, -0.1) is 0 Å². The lowest BCUT2D eigenvalue weighted by Gasteiger charge is -1.85. The Balaban J connectivity index is 2.28. The first-order valence-corrected chi connectivity index (χ1v) is 4.80. The molecule has 2 heterocycles. The zero-order valence-electron chi connectivity index (χ0n) is 7.20.